The normalized spacial score (nSPS) is 21.2. The summed E-state index contributed by atoms with van der Waals surface area (Å²) in [7, 11) is -4.11. The maximum Gasteiger partial charge on any atom is 0.254 e. The van der Waals surface area contributed by atoms with E-state index in [-0.39, 0.29) is 26.7 Å². The maximum atomic E-state index is 12.3. The molecule has 0 spiro atoms. The minimum Gasteiger partial charge on any atom is -0.349 e. The van der Waals surface area contributed by atoms with Crippen LogP contribution in [0.15, 0.2) is 11.0 Å². The topological polar surface area (TPSA) is 89.3 Å². The Balaban J connectivity index is 2.43. The van der Waals surface area contributed by atoms with Crippen LogP contribution in [0.25, 0.3) is 0 Å². The monoisotopic (exact) mass is 370 g/mol. The first-order chi connectivity index (χ1) is 9.66. The van der Waals surface area contributed by atoms with Gasteiger partial charge in [0.2, 0.25) is 10.0 Å². The standard InChI is InChI=1S/C12H13Cl3N2O3S/c1-2-5-3-7(5)17-12(18)9-10(14)6(13)4-8(11(9)15)21(16,19)20/h4-5,7H,2-3H2,1H3,(H,17,18)(H2,16,19,20). The molecule has 0 radical (unpaired) electrons. The molecule has 1 fully saturated rings. The molecule has 1 aromatic carbocycles. The lowest BCUT2D eigenvalue weighted by Gasteiger charge is -2.12. The third kappa shape index (κ3) is 3.46. The second-order valence-electron chi connectivity index (χ2n) is 4.89. The molecule has 1 aliphatic rings. The van der Waals surface area contributed by atoms with Gasteiger partial charge in [0, 0.05) is 6.04 Å². The average Bonchev–Trinajstić information content (AvgIpc) is 3.10. The fourth-order valence-electron chi connectivity index (χ4n) is 2.10. The van der Waals surface area contributed by atoms with Crippen LogP contribution in [-0.4, -0.2) is 20.4 Å². The fourth-order valence-corrected chi connectivity index (χ4v) is 3.85. The van der Waals surface area contributed by atoms with Crippen LogP contribution < -0.4 is 10.5 Å². The number of benzene rings is 1. The average molecular weight is 372 g/mol. The number of sulfonamides is 1. The molecule has 2 rings (SSSR count). The number of hydrogen-bond donors (Lipinski definition) is 2. The van der Waals surface area contributed by atoms with E-state index in [2.05, 4.69) is 5.32 Å². The van der Waals surface area contributed by atoms with Gasteiger partial charge in [-0.1, -0.05) is 48.1 Å². The van der Waals surface area contributed by atoms with Gasteiger partial charge in [-0.25, -0.2) is 13.6 Å². The van der Waals surface area contributed by atoms with Crippen molar-refractivity contribution in [3.8, 4) is 0 Å². The van der Waals surface area contributed by atoms with Crippen LogP contribution in [0.1, 0.15) is 30.1 Å². The summed E-state index contributed by atoms with van der Waals surface area (Å²) in [5, 5.41) is 7.30. The first-order valence-corrected chi connectivity index (χ1v) is 8.86. The highest BCUT2D eigenvalue weighted by atomic mass is 35.5. The Bertz CT molecular complexity index is 706. The molecule has 1 amide bonds. The van der Waals surface area contributed by atoms with Crippen molar-refractivity contribution in [1.82, 2.24) is 5.32 Å². The summed E-state index contributed by atoms with van der Waals surface area (Å²) in [5.41, 5.74) is -0.170. The van der Waals surface area contributed by atoms with Crippen molar-refractivity contribution in [3.05, 3.63) is 26.7 Å². The van der Waals surface area contributed by atoms with Crippen LogP contribution in [0.3, 0.4) is 0 Å². The minimum absolute atomic E-state index is 0.0477. The Morgan fingerprint density at radius 2 is 2.00 bits per heavy atom. The van der Waals surface area contributed by atoms with Crippen LogP contribution >= 0.6 is 34.8 Å². The van der Waals surface area contributed by atoms with Gasteiger partial charge in [-0.15, -0.1) is 0 Å². The zero-order valence-electron chi connectivity index (χ0n) is 11.0. The molecule has 3 N–H and O–H groups in total. The van der Waals surface area contributed by atoms with Crippen molar-refractivity contribution in [2.45, 2.75) is 30.7 Å². The fraction of sp³-hybridized carbons (Fsp3) is 0.417. The van der Waals surface area contributed by atoms with Gasteiger partial charge in [0.15, 0.2) is 0 Å². The number of halogens is 3. The molecule has 1 saturated carbocycles. The lowest BCUT2D eigenvalue weighted by molar-refractivity contribution is 0.0949. The zero-order valence-corrected chi connectivity index (χ0v) is 14.1. The van der Waals surface area contributed by atoms with Crippen LogP contribution in [0, 0.1) is 5.92 Å². The Hall–Kier alpha value is -0.530. The minimum atomic E-state index is -4.11. The highest BCUT2D eigenvalue weighted by Gasteiger charge is 2.37. The first kappa shape index (κ1) is 16.8. The van der Waals surface area contributed by atoms with Gasteiger partial charge >= 0.3 is 0 Å². The molecule has 0 aromatic heterocycles. The van der Waals surface area contributed by atoms with Gasteiger partial charge in [-0.2, -0.15) is 0 Å². The third-order valence-corrected chi connectivity index (χ3v) is 5.65. The van der Waals surface area contributed by atoms with Gasteiger partial charge in [-0.05, 0) is 18.4 Å². The van der Waals surface area contributed by atoms with E-state index in [1.54, 1.807) is 0 Å². The zero-order chi connectivity index (χ0) is 15.9. The number of rotatable bonds is 4. The smallest absolute Gasteiger partial charge is 0.254 e. The Morgan fingerprint density at radius 3 is 2.48 bits per heavy atom. The van der Waals surface area contributed by atoms with Crippen molar-refractivity contribution >= 4 is 50.7 Å². The summed E-state index contributed by atoms with van der Waals surface area (Å²) in [6.07, 6.45) is 1.82. The molecule has 1 aromatic rings. The summed E-state index contributed by atoms with van der Waals surface area (Å²) >= 11 is 17.8. The van der Waals surface area contributed by atoms with Gasteiger partial charge in [0.25, 0.3) is 5.91 Å². The van der Waals surface area contributed by atoms with Crippen molar-refractivity contribution in [2.75, 3.05) is 0 Å². The van der Waals surface area contributed by atoms with Crippen LogP contribution in [0.5, 0.6) is 0 Å². The van der Waals surface area contributed by atoms with E-state index in [9.17, 15) is 13.2 Å². The van der Waals surface area contributed by atoms with E-state index in [0.29, 0.717) is 5.92 Å². The summed E-state index contributed by atoms with van der Waals surface area (Å²) in [5.74, 6) is -0.137. The lowest BCUT2D eigenvalue weighted by Crippen LogP contribution is -2.28. The van der Waals surface area contributed by atoms with Crippen molar-refractivity contribution in [1.29, 1.82) is 0 Å². The van der Waals surface area contributed by atoms with Crippen molar-refractivity contribution < 1.29 is 13.2 Å². The van der Waals surface area contributed by atoms with Crippen LogP contribution in [0.4, 0.5) is 0 Å². The molecule has 0 bridgehead atoms. The van der Waals surface area contributed by atoms with E-state index in [4.69, 9.17) is 39.9 Å². The SMILES string of the molecule is CCC1CC1NC(=O)c1c(Cl)c(Cl)cc(S(N)(=O)=O)c1Cl. The molecular weight excluding hydrogens is 359 g/mol. The van der Waals surface area contributed by atoms with E-state index >= 15 is 0 Å². The van der Waals surface area contributed by atoms with Crippen molar-refractivity contribution in [2.24, 2.45) is 11.1 Å². The highest BCUT2D eigenvalue weighted by molar-refractivity contribution is 7.89. The molecule has 21 heavy (non-hydrogen) atoms. The number of hydrogen-bond acceptors (Lipinski definition) is 3. The number of primary sulfonamides is 1. The second-order valence-corrected chi connectivity index (χ2v) is 7.58. The molecule has 0 saturated heterocycles. The Labute approximate surface area is 137 Å². The van der Waals surface area contributed by atoms with Crippen LogP contribution in [0.2, 0.25) is 15.1 Å². The van der Waals surface area contributed by atoms with E-state index in [1.807, 2.05) is 6.92 Å². The van der Waals surface area contributed by atoms with Crippen molar-refractivity contribution in [3.63, 3.8) is 0 Å². The molecule has 5 nitrogen and oxygen atoms in total. The highest BCUT2D eigenvalue weighted by Crippen LogP contribution is 2.38. The molecule has 0 heterocycles. The molecule has 0 aliphatic heterocycles. The molecule has 2 atom stereocenters. The molecule has 1 aliphatic carbocycles. The second kappa shape index (κ2) is 5.93. The number of nitrogens with one attached hydrogen (secondary N) is 1. The molecule has 9 heteroatoms. The summed E-state index contributed by atoms with van der Waals surface area (Å²) in [6, 6.07) is 1.08. The lowest BCUT2D eigenvalue weighted by atomic mass is 10.2. The van der Waals surface area contributed by atoms with Gasteiger partial charge in [0.1, 0.15) is 4.90 Å². The Kier molecular flexibility index (Phi) is 4.75. The number of amides is 1. The van der Waals surface area contributed by atoms with Gasteiger partial charge < -0.3 is 5.32 Å². The first-order valence-electron chi connectivity index (χ1n) is 6.18. The summed E-state index contributed by atoms with van der Waals surface area (Å²) in [4.78, 5) is 11.8. The molecule has 116 valence electrons. The molecule has 2 unspecified atom stereocenters. The molecular formula is C12H13Cl3N2O3S. The largest absolute Gasteiger partial charge is 0.349 e. The van der Waals surface area contributed by atoms with Crippen LogP contribution in [-0.2, 0) is 10.0 Å². The predicted octanol–water partition coefficient (Wildman–Crippen LogP) is 2.82. The third-order valence-electron chi connectivity index (χ3n) is 3.42. The van der Waals surface area contributed by atoms with E-state index < -0.39 is 20.8 Å². The van der Waals surface area contributed by atoms with E-state index in [0.717, 1.165) is 18.9 Å². The Morgan fingerprint density at radius 1 is 1.38 bits per heavy atom. The van der Waals surface area contributed by atoms with Gasteiger partial charge in [-0.3, -0.25) is 4.79 Å². The van der Waals surface area contributed by atoms with E-state index in [1.165, 1.54) is 0 Å². The number of carbonyl (C=O) groups excluding carboxylic acids is 1. The van der Waals surface area contributed by atoms with Gasteiger partial charge in [0.05, 0.1) is 20.6 Å². The quantitative estimate of drug-likeness (QED) is 0.798. The maximum absolute atomic E-state index is 12.3. The number of nitrogens with two attached hydrogens (primary N) is 1. The number of carbonyl (C=O) groups is 1. The summed E-state index contributed by atoms with van der Waals surface area (Å²) < 4.78 is 23.0. The summed E-state index contributed by atoms with van der Waals surface area (Å²) in [6.45, 7) is 2.02. The predicted molar refractivity (Wildman–Crippen MR) is 82.5 cm³/mol.